The van der Waals surface area contributed by atoms with E-state index in [1.807, 2.05) is 0 Å². The highest BCUT2D eigenvalue weighted by molar-refractivity contribution is 7.62. The van der Waals surface area contributed by atoms with Crippen LogP contribution < -0.4 is 5.44 Å². The van der Waals surface area contributed by atoms with Crippen LogP contribution in [0.5, 0.6) is 0 Å². The van der Waals surface area contributed by atoms with Gasteiger partial charge in [0.05, 0.1) is 18.9 Å². The van der Waals surface area contributed by atoms with Gasteiger partial charge in [0.2, 0.25) is 0 Å². The maximum atomic E-state index is 13.1. The highest BCUT2D eigenvalue weighted by atomic mass is 35.5. The summed E-state index contributed by atoms with van der Waals surface area (Å²) < 4.78 is 63.3. The van der Waals surface area contributed by atoms with E-state index in [1.54, 1.807) is 13.8 Å². The minimum absolute atomic E-state index is 0.00439. The van der Waals surface area contributed by atoms with E-state index in [1.165, 1.54) is 24.3 Å². The molecule has 0 fully saturated rings. The van der Waals surface area contributed by atoms with Gasteiger partial charge in [0, 0.05) is 11.1 Å². The molecule has 0 amide bonds. The second-order valence-corrected chi connectivity index (χ2v) is 7.01. The molecule has 0 N–H and O–H groups in total. The Bertz CT molecular complexity index is 737. The lowest BCUT2D eigenvalue weighted by atomic mass is 10.3. The zero-order valence-electron chi connectivity index (χ0n) is 12.9. The van der Waals surface area contributed by atoms with Crippen LogP contribution in [0.1, 0.15) is 19.5 Å². The van der Waals surface area contributed by atoms with Crippen LogP contribution in [0.25, 0.3) is 5.69 Å². The molecule has 10 heteroatoms. The molecule has 1 aromatic heterocycles. The summed E-state index contributed by atoms with van der Waals surface area (Å²) in [7, 11) is -3.97. The second-order valence-electron chi connectivity index (χ2n) is 4.61. The van der Waals surface area contributed by atoms with Crippen LogP contribution in [0.3, 0.4) is 0 Å². The third-order valence-electron chi connectivity index (χ3n) is 2.93. The number of rotatable bonds is 6. The first-order valence-electron chi connectivity index (χ1n) is 7.04. The molecule has 5 nitrogen and oxygen atoms in total. The molecule has 0 spiro atoms. The van der Waals surface area contributed by atoms with Crippen molar-refractivity contribution in [3.05, 3.63) is 41.0 Å². The van der Waals surface area contributed by atoms with Crippen LogP contribution in [-0.4, -0.2) is 23.0 Å². The van der Waals surface area contributed by atoms with Gasteiger partial charge in [-0.3, -0.25) is 4.57 Å². The van der Waals surface area contributed by atoms with E-state index in [-0.39, 0.29) is 24.3 Å². The molecule has 1 aromatic carbocycles. The van der Waals surface area contributed by atoms with E-state index < -0.39 is 19.5 Å². The van der Waals surface area contributed by atoms with Crippen molar-refractivity contribution in [3.63, 3.8) is 0 Å². The van der Waals surface area contributed by atoms with Gasteiger partial charge in [-0.15, -0.1) is 0 Å². The maximum Gasteiger partial charge on any atom is 0.435 e. The zero-order valence-corrected chi connectivity index (χ0v) is 14.5. The number of halogens is 4. The fourth-order valence-corrected chi connectivity index (χ4v) is 3.80. The van der Waals surface area contributed by atoms with Crippen LogP contribution in [0.15, 0.2) is 30.3 Å². The lowest BCUT2D eigenvalue weighted by molar-refractivity contribution is -0.141. The number of hydrogen-bond acceptors (Lipinski definition) is 4. The molecule has 0 saturated carbocycles. The van der Waals surface area contributed by atoms with E-state index in [9.17, 15) is 17.7 Å². The van der Waals surface area contributed by atoms with E-state index >= 15 is 0 Å². The van der Waals surface area contributed by atoms with Gasteiger partial charge in [-0.2, -0.15) is 18.3 Å². The summed E-state index contributed by atoms with van der Waals surface area (Å²) in [4.78, 5) is 0. The van der Waals surface area contributed by atoms with Crippen molar-refractivity contribution >= 4 is 24.6 Å². The summed E-state index contributed by atoms with van der Waals surface area (Å²) in [5.74, 6) is 0. The van der Waals surface area contributed by atoms with Crippen molar-refractivity contribution in [2.24, 2.45) is 0 Å². The summed E-state index contributed by atoms with van der Waals surface area (Å²) in [6.45, 7) is 3.15. The van der Waals surface area contributed by atoms with E-state index in [0.717, 1.165) is 4.68 Å². The Hall–Kier alpha value is -1.34. The first-order valence-corrected chi connectivity index (χ1v) is 8.96. The van der Waals surface area contributed by atoms with Crippen LogP contribution in [-0.2, 0) is 19.8 Å². The summed E-state index contributed by atoms with van der Waals surface area (Å²) >= 11 is 5.79. The molecule has 1 heterocycles. The van der Waals surface area contributed by atoms with E-state index in [2.05, 4.69) is 5.10 Å². The van der Waals surface area contributed by atoms with E-state index in [4.69, 9.17) is 20.6 Å². The van der Waals surface area contributed by atoms with Crippen LogP contribution in [0.4, 0.5) is 13.2 Å². The molecular formula is C14H15ClF3N2O3P. The van der Waals surface area contributed by atoms with Gasteiger partial charge in [0.1, 0.15) is 0 Å². The Labute approximate surface area is 141 Å². The lowest BCUT2D eigenvalue weighted by Gasteiger charge is -2.18. The van der Waals surface area contributed by atoms with Gasteiger partial charge in [0.25, 0.3) is 0 Å². The molecule has 0 radical (unpaired) electrons. The van der Waals surface area contributed by atoms with Gasteiger partial charge in [0.15, 0.2) is 11.1 Å². The Morgan fingerprint density at radius 1 is 1.17 bits per heavy atom. The first-order chi connectivity index (χ1) is 11.2. The molecule has 0 unspecified atom stereocenters. The molecule has 0 aliphatic rings. The number of alkyl halides is 3. The molecule has 0 saturated heterocycles. The fourth-order valence-electron chi connectivity index (χ4n) is 1.99. The third kappa shape index (κ3) is 4.00. The Kier molecular flexibility index (Phi) is 5.75. The maximum absolute atomic E-state index is 13.1. The van der Waals surface area contributed by atoms with Gasteiger partial charge >= 0.3 is 13.8 Å². The Balaban J connectivity index is 2.66. The van der Waals surface area contributed by atoms with Crippen LogP contribution in [0.2, 0.25) is 5.02 Å². The average molecular weight is 383 g/mol. The van der Waals surface area contributed by atoms with Crippen molar-refractivity contribution < 1.29 is 26.8 Å². The van der Waals surface area contributed by atoms with Gasteiger partial charge in [-0.1, -0.05) is 11.6 Å². The molecular weight excluding hydrogens is 368 g/mol. The molecule has 0 aliphatic carbocycles. The van der Waals surface area contributed by atoms with Crippen molar-refractivity contribution in [2.45, 2.75) is 20.0 Å². The van der Waals surface area contributed by atoms with Crippen molar-refractivity contribution in [2.75, 3.05) is 13.2 Å². The predicted molar refractivity (Wildman–Crippen MR) is 84.1 cm³/mol. The van der Waals surface area contributed by atoms with Crippen LogP contribution in [0, 0.1) is 0 Å². The number of nitrogens with zero attached hydrogens (tertiary/aromatic N) is 2. The fraction of sp³-hybridized carbons (Fsp3) is 0.357. The van der Waals surface area contributed by atoms with Crippen molar-refractivity contribution in [3.8, 4) is 5.69 Å². The minimum atomic E-state index is -4.70. The third-order valence-corrected chi connectivity index (χ3v) is 5.26. The molecule has 2 aromatic rings. The van der Waals surface area contributed by atoms with Gasteiger partial charge in [-0.05, 0) is 38.1 Å². The predicted octanol–water partition coefficient (Wildman–Crippen LogP) is 4.44. The summed E-state index contributed by atoms with van der Waals surface area (Å²) in [5.41, 5.74) is -1.22. The SMILES string of the molecule is CCOP(=O)(OCC)c1cc(C(F)(F)F)nn1-c1ccc(Cl)cc1. The Morgan fingerprint density at radius 3 is 2.17 bits per heavy atom. The highest BCUT2D eigenvalue weighted by Gasteiger charge is 2.40. The summed E-state index contributed by atoms with van der Waals surface area (Å²) in [5, 5.41) is 3.93. The monoisotopic (exact) mass is 382 g/mol. The topological polar surface area (TPSA) is 53.4 Å². The molecule has 0 bridgehead atoms. The van der Waals surface area contributed by atoms with Gasteiger partial charge in [-0.25, -0.2) is 4.68 Å². The van der Waals surface area contributed by atoms with Crippen molar-refractivity contribution in [1.29, 1.82) is 0 Å². The zero-order chi connectivity index (χ0) is 18.0. The minimum Gasteiger partial charge on any atom is -0.304 e. The van der Waals surface area contributed by atoms with Crippen molar-refractivity contribution in [1.82, 2.24) is 9.78 Å². The largest absolute Gasteiger partial charge is 0.435 e. The Morgan fingerprint density at radius 2 is 1.71 bits per heavy atom. The summed E-state index contributed by atoms with van der Waals surface area (Å²) in [6.07, 6.45) is -4.70. The highest BCUT2D eigenvalue weighted by Crippen LogP contribution is 2.48. The normalized spacial score (nSPS) is 12.6. The standard InChI is InChI=1S/C14H15ClF3N2O3P/c1-3-22-24(21,23-4-2)13-9-12(14(16,17)18)19-20(13)11-7-5-10(15)6-8-11/h5-9H,3-4H2,1-2H3. The average Bonchev–Trinajstić information content (AvgIpc) is 2.94. The smallest absolute Gasteiger partial charge is 0.304 e. The van der Waals surface area contributed by atoms with Gasteiger partial charge < -0.3 is 9.05 Å². The first kappa shape index (κ1) is 19.0. The molecule has 0 atom stereocenters. The quantitative estimate of drug-likeness (QED) is 0.693. The number of benzene rings is 1. The second kappa shape index (κ2) is 7.27. The number of hydrogen-bond donors (Lipinski definition) is 0. The molecule has 0 aliphatic heterocycles. The van der Waals surface area contributed by atoms with E-state index in [0.29, 0.717) is 11.1 Å². The molecule has 132 valence electrons. The summed E-state index contributed by atoms with van der Waals surface area (Å²) in [6, 6.07) is 6.58. The molecule has 24 heavy (non-hydrogen) atoms. The van der Waals surface area contributed by atoms with Crippen LogP contribution >= 0.6 is 19.2 Å². The number of aromatic nitrogens is 2. The lowest BCUT2D eigenvalue weighted by Crippen LogP contribution is -2.20. The molecule has 2 rings (SSSR count).